The Balaban J connectivity index is 4.16. The fourth-order valence-corrected chi connectivity index (χ4v) is 1.13. The molecule has 0 aromatic heterocycles. The molecule has 13 heavy (non-hydrogen) atoms. The Kier molecular flexibility index (Phi) is 4.14. The first kappa shape index (κ1) is 12.2. The molecule has 0 amide bonds. The number of carbonyl (C=O) groups is 1. The van der Waals surface area contributed by atoms with E-state index in [1.165, 1.54) is 0 Å². The Morgan fingerprint density at radius 2 is 1.92 bits per heavy atom. The molecular weight excluding hydrogens is 166 g/mol. The van der Waals surface area contributed by atoms with Crippen molar-refractivity contribution in [1.29, 1.82) is 0 Å². The van der Waals surface area contributed by atoms with Gasteiger partial charge in [-0.25, -0.2) is 4.79 Å². The van der Waals surface area contributed by atoms with Crippen LogP contribution in [0.4, 0.5) is 0 Å². The molecule has 0 heterocycles. The zero-order valence-corrected chi connectivity index (χ0v) is 9.18. The van der Waals surface area contributed by atoms with Crippen molar-refractivity contribution >= 4 is 5.97 Å². The van der Waals surface area contributed by atoms with Crippen molar-refractivity contribution in [1.82, 2.24) is 4.90 Å². The van der Waals surface area contributed by atoms with Crippen molar-refractivity contribution in [2.45, 2.75) is 26.4 Å². The quantitative estimate of drug-likeness (QED) is 0.490. The van der Waals surface area contributed by atoms with E-state index in [4.69, 9.17) is 4.74 Å². The van der Waals surface area contributed by atoms with Crippen molar-refractivity contribution in [2.75, 3.05) is 20.6 Å². The average molecular weight is 185 g/mol. The van der Waals surface area contributed by atoms with Crippen LogP contribution in [0.1, 0.15) is 20.8 Å². The van der Waals surface area contributed by atoms with Gasteiger partial charge in [0.1, 0.15) is 5.60 Å². The van der Waals surface area contributed by atoms with E-state index in [-0.39, 0.29) is 5.97 Å². The van der Waals surface area contributed by atoms with Gasteiger partial charge in [0.05, 0.1) is 0 Å². The van der Waals surface area contributed by atoms with Crippen molar-refractivity contribution in [3.63, 3.8) is 0 Å². The van der Waals surface area contributed by atoms with Crippen LogP contribution >= 0.6 is 0 Å². The number of hydrogen-bond donors (Lipinski definition) is 0. The zero-order valence-electron chi connectivity index (χ0n) is 9.18. The minimum absolute atomic E-state index is 0.327. The van der Waals surface area contributed by atoms with Crippen molar-refractivity contribution in [3.05, 3.63) is 12.2 Å². The van der Waals surface area contributed by atoms with Gasteiger partial charge in [-0.15, -0.1) is 0 Å². The predicted octanol–water partition coefficient (Wildman–Crippen LogP) is 1.45. The largest absolute Gasteiger partial charge is 0.455 e. The van der Waals surface area contributed by atoms with E-state index in [1.807, 2.05) is 32.8 Å². The highest BCUT2D eigenvalue weighted by Gasteiger charge is 2.23. The summed E-state index contributed by atoms with van der Waals surface area (Å²) in [6.07, 6.45) is 0. The van der Waals surface area contributed by atoms with Gasteiger partial charge in [0.25, 0.3) is 0 Å². The molecule has 0 spiro atoms. The van der Waals surface area contributed by atoms with E-state index < -0.39 is 5.60 Å². The highest BCUT2D eigenvalue weighted by molar-refractivity contribution is 5.87. The summed E-state index contributed by atoms with van der Waals surface area (Å²) in [5.74, 6) is -0.327. The Morgan fingerprint density at radius 3 is 2.23 bits per heavy atom. The van der Waals surface area contributed by atoms with Gasteiger partial charge < -0.3 is 9.64 Å². The predicted molar refractivity (Wildman–Crippen MR) is 53.5 cm³/mol. The van der Waals surface area contributed by atoms with E-state index in [0.717, 1.165) is 0 Å². The fourth-order valence-electron chi connectivity index (χ4n) is 1.13. The van der Waals surface area contributed by atoms with Crippen LogP contribution in [-0.4, -0.2) is 37.1 Å². The first-order valence-electron chi connectivity index (χ1n) is 4.28. The molecule has 0 unspecified atom stereocenters. The minimum atomic E-state index is -0.459. The van der Waals surface area contributed by atoms with Gasteiger partial charge >= 0.3 is 5.97 Å². The van der Waals surface area contributed by atoms with E-state index in [0.29, 0.717) is 12.1 Å². The number of likely N-dealkylation sites (N-methyl/N-ethyl adjacent to an activating group) is 1. The lowest BCUT2D eigenvalue weighted by molar-refractivity contribution is -0.152. The Hall–Kier alpha value is -0.830. The van der Waals surface area contributed by atoms with Crippen LogP contribution in [0.2, 0.25) is 0 Å². The molecule has 0 radical (unpaired) electrons. The number of esters is 1. The fraction of sp³-hybridized carbons (Fsp3) is 0.700. The molecule has 3 heteroatoms. The molecule has 76 valence electrons. The minimum Gasteiger partial charge on any atom is -0.455 e. The third-order valence-electron chi connectivity index (χ3n) is 1.41. The van der Waals surface area contributed by atoms with Gasteiger partial charge in [-0.05, 0) is 34.9 Å². The summed E-state index contributed by atoms with van der Waals surface area (Å²) in [5.41, 5.74) is -0.0219. The molecule has 0 fully saturated rings. The van der Waals surface area contributed by atoms with Crippen molar-refractivity contribution < 1.29 is 9.53 Å². The maximum absolute atomic E-state index is 11.2. The summed E-state index contributed by atoms with van der Waals surface area (Å²) >= 11 is 0. The molecule has 0 rings (SSSR count). The van der Waals surface area contributed by atoms with Crippen LogP contribution in [0.5, 0.6) is 0 Å². The molecule has 0 saturated carbocycles. The van der Waals surface area contributed by atoms with Crippen LogP contribution < -0.4 is 0 Å². The summed E-state index contributed by atoms with van der Waals surface area (Å²) in [6.45, 7) is 9.64. The number of hydrogen-bond acceptors (Lipinski definition) is 3. The number of ether oxygens (including phenoxy) is 1. The monoisotopic (exact) mass is 185 g/mol. The van der Waals surface area contributed by atoms with Crippen LogP contribution in [0.25, 0.3) is 0 Å². The molecule has 0 aliphatic heterocycles. The average Bonchev–Trinajstić information content (AvgIpc) is 1.81. The highest BCUT2D eigenvalue weighted by Crippen LogP contribution is 2.12. The Labute approximate surface area is 80.4 Å². The maximum atomic E-state index is 11.2. The van der Waals surface area contributed by atoms with Crippen LogP contribution in [0.3, 0.4) is 0 Å². The number of carbonyl (C=O) groups excluding carboxylic acids is 1. The third-order valence-corrected chi connectivity index (χ3v) is 1.41. The number of rotatable bonds is 4. The second kappa shape index (κ2) is 4.42. The summed E-state index contributed by atoms with van der Waals surface area (Å²) in [5, 5.41) is 0. The van der Waals surface area contributed by atoms with Gasteiger partial charge in [0.2, 0.25) is 0 Å². The zero-order chi connectivity index (χ0) is 10.6. The van der Waals surface area contributed by atoms with Gasteiger partial charge in [-0.2, -0.15) is 0 Å². The van der Waals surface area contributed by atoms with Gasteiger partial charge in [-0.3, -0.25) is 0 Å². The molecule has 0 bridgehead atoms. The maximum Gasteiger partial charge on any atom is 0.333 e. The van der Waals surface area contributed by atoms with Gasteiger partial charge in [0, 0.05) is 12.1 Å². The van der Waals surface area contributed by atoms with E-state index >= 15 is 0 Å². The molecule has 0 aromatic rings. The third kappa shape index (κ3) is 5.42. The highest BCUT2D eigenvalue weighted by atomic mass is 16.6. The van der Waals surface area contributed by atoms with Gasteiger partial charge in [0.15, 0.2) is 0 Å². The van der Waals surface area contributed by atoms with E-state index in [9.17, 15) is 4.79 Å². The molecule has 0 aromatic carbocycles. The van der Waals surface area contributed by atoms with Crippen LogP contribution in [-0.2, 0) is 9.53 Å². The summed E-state index contributed by atoms with van der Waals surface area (Å²) < 4.78 is 5.23. The first-order chi connectivity index (χ1) is 5.74. The molecule has 3 nitrogen and oxygen atoms in total. The standard InChI is InChI=1S/C10H19NO2/c1-8(2)9(12)13-10(3,4)7-11(5)6/h1,7H2,2-6H3. The van der Waals surface area contributed by atoms with Crippen LogP contribution in [0, 0.1) is 0 Å². The lowest BCUT2D eigenvalue weighted by Gasteiger charge is -2.28. The molecule has 0 N–H and O–H groups in total. The lowest BCUT2D eigenvalue weighted by atomic mass is 10.1. The lowest BCUT2D eigenvalue weighted by Crippen LogP contribution is -2.38. The SMILES string of the molecule is C=C(C)C(=O)OC(C)(C)CN(C)C. The Bertz CT molecular complexity index is 207. The van der Waals surface area contributed by atoms with Crippen molar-refractivity contribution in [3.8, 4) is 0 Å². The van der Waals surface area contributed by atoms with E-state index in [2.05, 4.69) is 6.58 Å². The second-order valence-corrected chi connectivity index (χ2v) is 4.17. The first-order valence-corrected chi connectivity index (χ1v) is 4.28. The summed E-state index contributed by atoms with van der Waals surface area (Å²) in [7, 11) is 3.88. The molecule has 0 saturated heterocycles. The molecular formula is C10H19NO2. The summed E-state index contributed by atoms with van der Waals surface area (Å²) in [4.78, 5) is 13.2. The van der Waals surface area contributed by atoms with E-state index in [1.54, 1.807) is 6.92 Å². The van der Waals surface area contributed by atoms with Crippen molar-refractivity contribution in [2.24, 2.45) is 0 Å². The summed E-state index contributed by atoms with van der Waals surface area (Å²) in [6, 6.07) is 0. The van der Waals surface area contributed by atoms with Gasteiger partial charge in [-0.1, -0.05) is 6.58 Å². The molecule has 0 atom stereocenters. The van der Waals surface area contributed by atoms with Crippen LogP contribution in [0.15, 0.2) is 12.2 Å². The number of nitrogens with zero attached hydrogens (tertiary/aromatic N) is 1. The Morgan fingerprint density at radius 1 is 1.46 bits per heavy atom. The topological polar surface area (TPSA) is 29.5 Å². The second-order valence-electron chi connectivity index (χ2n) is 4.17. The molecule has 0 aliphatic carbocycles. The molecule has 0 aliphatic rings. The normalized spacial score (nSPS) is 11.5. The smallest absolute Gasteiger partial charge is 0.333 e.